The van der Waals surface area contributed by atoms with Crippen molar-refractivity contribution in [1.82, 2.24) is 0 Å². The maximum Gasteiger partial charge on any atom is 0.243 e. The van der Waals surface area contributed by atoms with E-state index in [1.54, 1.807) is 18.2 Å². The van der Waals surface area contributed by atoms with Crippen molar-refractivity contribution in [1.29, 1.82) is 0 Å². The molecule has 7 heteroatoms. The molecule has 0 aliphatic carbocycles. The SMILES string of the molecule is O=C(CNc1ccc2c(c1)OCO2)Nc1ccc(F)cc1F. The summed E-state index contributed by atoms with van der Waals surface area (Å²) in [6, 6.07) is 8.11. The minimum absolute atomic E-state index is 0.0705. The highest BCUT2D eigenvalue weighted by Crippen LogP contribution is 2.34. The van der Waals surface area contributed by atoms with Crippen LogP contribution in [-0.2, 0) is 4.79 Å². The van der Waals surface area contributed by atoms with E-state index in [1.165, 1.54) is 6.07 Å². The maximum absolute atomic E-state index is 13.4. The molecular weight excluding hydrogens is 294 g/mol. The monoisotopic (exact) mass is 306 g/mol. The van der Waals surface area contributed by atoms with E-state index in [0.717, 1.165) is 6.07 Å². The fourth-order valence-corrected chi connectivity index (χ4v) is 1.97. The predicted molar refractivity (Wildman–Crippen MR) is 76.0 cm³/mol. The van der Waals surface area contributed by atoms with Gasteiger partial charge in [-0.05, 0) is 24.3 Å². The van der Waals surface area contributed by atoms with Crippen molar-refractivity contribution in [2.75, 3.05) is 24.0 Å². The minimum Gasteiger partial charge on any atom is -0.454 e. The van der Waals surface area contributed by atoms with E-state index in [-0.39, 0.29) is 19.0 Å². The molecule has 0 atom stereocenters. The quantitative estimate of drug-likeness (QED) is 0.912. The first-order valence-electron chi connectivity index (χ1n) is 6.50. The van der Waals surface area contributed by atoms with E-state index in [0.29, 0.717) is 23.3 Å². The van der Waals surface area contributed by atoms with Gasteiger partial charge in [0, 0.05) is 17.8 Å². The molecular formula is C15H12F2N2O3. The third-order valence-electron chi connectivity index (χ3n) is 3.03. The summed E-state index contributed by atoms with van der Waals surface area (Å²) >= 11 is 0. The smallest absolute Gasteiger partial charge is 0.243 e. The summed E-state index contributed by atoms with van der Waals surface area (Å²) in [6.07, 6.45) is 0. The number of nitrogens with one attached hydrogen (secondary N) is 2. The van der Waals surface area contributed by atoms with Crippen LogP contribution in [0, 0.1) is 11.6 Å². The molecule has 3 rings (SSSR count). The summed E-state index contributed by atoms with van der Waals surface area (Å²) in [7, 11) is 0. The number of fused-ring (bicyclic) bond motifs is 1. The van der Waals surface area contributed by atoms with Crippen molar-refractivity contribution in [2.24, 2.45) is 0 Å². The van der Waals surface area contributed by atoms with E-state index >= 15 is 0 Å². The van der Waals surface area contributed by atoms with Crippen LogP contribution in [0.4, 0.5) is 20.2 Å². The number of amides is 1. The van der Waals surface area contributed by atoms with Crippen molar-refractivity contribution in [3.05, 3.63) is 48.0 Å². The van der Waals surface area contributed by atoms with Crippen LogP contribution >= 0.6 is 0 Å². The van der Waals surface area contributed by atoms with Crippen LogP contribution < -0.4 is 20.1 Å². The topological polar surface area (TPSA) is 59.6 Å². The summed E-state index contributed by atoms with van der Waals surface area (Å²) in [5.41, 5.74) is 0.595. The molecule has 2 aromatic rings. The maximum atomic E-state index is 13.4. The Morgan fingerprint density at radius 1 is 1.09 bits per heavy atom. The van der Waals surface area contributed by atoms with Crippen LogP contribution in [0.5, 0.6) is 11.5 Å². The predicted octanol–water partition coefficient (Wildman–Crippen LogP) is 2.74. The standard InChI is InChI=1S/C15H12F2N2O3/c16-9-1-3-12(11(17)5-9)19-15(20)7-18-10-2-4-13-14(6-10)22-8-21-13/h1-6,18H,7-8H2,(H,19,20). The number of carbonyl (C=O) groups excluding carboxylic acids is 1. The highest BCUT2D eigenvalue weighted by atomic mass is 19.1. The van der Waals surface area contributed by atoms with E-state index in [9.17, 15) is 13.6 Å². The molecule has 0 saturated carbocycles. The number of benzene rings is 2. The Balaban J connectivity index is 1.58. The van der Waals surface area contributed by atoms with E-state index in [2.05, 4.69) is 10.6 Å². The molecule has 1 aliphatic heterocycles. The Kier molecular flexibility index (Phi) is 3.78. The number of anilines is 2. The first-order chi connectivity index (χ1) is 10.6. The number of ether oxygens (including phenoxy) is 2. The molecule has 114 valence electrons. The minimum atomic E-state index is -0.823. The second kappa shape index (κ2) is 5.88. The number of carbonyl (C=O) groups is 1. The van der Waals surface area contributed by atoms with Crippen LogP contribution in [0.3, 0.4) is 0 Å². The van der Waals surface area contributed by atoms with Gasteiger partial charge in [0.1, 0.15) is 11.6 Å². The summed E-state index contributed by atoms with van der Waals surface area (Å²) < 4.78 is 36.6. The molecule has 0 unspecified atom stereocenters. The summed E-state index contributed by atoms with van der Waals surface area (Å²) in [4.78, 5) is 11.8. The zero-order valence-corrected chi connectivity index (χ0v) is 11.4. The van der Waals surface area contributed by atoms with Gasteiger partial charge in [-0.2, -0.15) is 0 Å². The Labute approximate surface area is 124 Å². The van der Waals surface area contributed by atoms with Gasteiger partial charge in [0.05, 0.1) is 12.2 Å². The van der Waals surface area contributed by atoms with Gasteiger partial charge in [0.25, 0.3) is 0 Å². The largest absolute Gasteiger partial charge is 0.454 e. The lowest BCUT2D eigenvalue weighted by Gasteiger charge is -2.09. The van der Waals surface area contributed by atoms with Crippen molar-refractivity contribution in [2.45, 2.75) is 0 Å². The third kappa shape index (κ3) is 3.08. The highest BCUT2D eigenvalue weighted by Gasteiger charge is 2.13. The molecule has 22 heavy (non-hydrogen) atoms. The molecule has 5 nitrogen and oxygen atoms in total. The summed E-state index contributed by atoms with van der Waals surface area (Å²) in [5, 5.41) is 5.24. The van der Waals surface area contributed by atoms with E-state index in [4.69, 9.17) is 9.47 Å². The van der Waals surface area contributed by atoms with Gasteiger partial charge >= 0.3 is 0 Å². The number of hydrogen-bond donors (Lipinski definition) is 2. The van der Waals surface area contributed by atoms with Crippen LogP contribution in [0.15, 0.2) is 36.4 Å². The van der Waals surface area contributed by atoms with Gasteiger partial charge in [-0.15, -0.1) is 0 Å². The van der Waals surface area contributed by atoms with Crippen LogP contribution in [0.1, 0.15) is 0 Å². The second-order valence-electron chi connectivity index (χ2n) is 4.59. The molecule has 0 aromatic heterocycles. The molecule has 0 fully saturated rings. The van der Waals surface area contributed by atoms with Crippen LogP contribution in [-0.4, -0.2) is 19.2 Å². The van der Waals surface area contributed by atoms with Gasteiger partial charge in [0.2, 0.25) is 12.7 Å². The lowest BCUT2D eigenvalue weighted by atomic mass is 10.2. The normalized spacial score (nSPS) is 12.1. The van der Waals surface area contributed by atoms with Gasteiger partial charge in [-0.3, -0.25) is 4.79 Å². The molecule has 0 saturated heterocycles. The first kappa shape index (κ1) is 14.1. The molecule has 1 amide bonds. The highest BCUT2D eigenvalue weighted by molar-refractivity contribution is 5.93. The average molecular weight is 306 g/mol. The van der Waals surface area contributed by atoms with Gasteiger partial charge in [-0.25, -0.2) is 8.78 Å². The summed E-state index contributed by atoms with van der Waals surface area (Å²) in [5.74, 6) is -0.744. The van der Waals surface area contributed by atoms with Gasteiger partial charge < -0.3 is 20.1 Å². The average Bonchev–Trinajstić information content (AvgIpc) is 2.95. The number of hydrogen-bond acceptors (Lipinski definition) is 4. The third-order valence-corrected chi connectivity index (χ3v) is 3.03. The lowest BCUT2D eigenvalue weighted by Crippen LogP contribution is -2.22. The molecule has 0 spiro atoms. The zero-order chi connectivity index (χ0) is 15.5. The fourth-order valence-electron chi connectivity index (χ4n) is 1.97. The molecule has 1 aliphatic rings. The number of rotatable bonds is 4. The molecule has 0 bridgehead atoms. The van der Waals surface area contributed by atoms with Crippen LogP contribution in [0.2, 0.25) is 0 Å². The Hall–Kier alpha value is -2.83. The van der Waals surface area contributed by atoms with E-state index < -0.39 is 17.5 Å². The molecule has 2 N–H and O–H groups in total. The van der Waals surface area contributed by atoms with Crippen molar-refractivity contribution in [3.8, 4) is 11.5 Å². The van der Waals surface area contributed by atoms with Crippen molar-refractivity contribution in [3.63, 3.8) is 0 Å². The van der Waals surface area contributed by atoms with E-state index in [1.807, 2.05) is 0 Å². The first-order valence-corrected chi connectivity index (χ1v) is 6.50. The van der Waals surface area contributed by atoms with Gasteiger partial charge in [0.15, 0.2) is 11.5 Å². The van der Waals surface area contributed by atoms with Crippen molar-refractivity contribution < 1.29 is 23.0 Å². The Morgan fingerprint density at radius 2 is 1.91 bits per heavy atom. The molecule has 0 radical (unpaired) electrons. The second-order valence-corrected chi connectivity index (χ2v) is 4.59. The molecule has 1 heterocycles. The Morgan fingerprint density at radius 3 is 2.73 bits per heavy atom. The Bertz CT molecular complexity index is 722. The van der Waals surface area contributed by atoms with Gasteiger partial charge in [-0.1, -0.05) is 0 Å². The zero-order valence-electron chi connectivity index (χ0n) is 11.4. The summed E-state index contributed by atoms with van der Waals surface area (Å²) in [6.45, 7) is 0.0968. The number of halogens is 2. The fraction of sp³-hybridized carbons (Fsp3) is 0.133. The lowest BCUT2D eigenvalue weighted by molar-refractivity contribution is -0.114. The van der Waals surface area contributed by atoms with Crippen LogP contribution in [0.25, 0.3) is 0 Å². The van der Waals surface area contributed by atoms with Crippen molar-refractivity contribution >= 4 is 17.3 Å². The molecule has 2 aromatic carbocycles.